The van der Waals surface area contributed by atoms with Gasteiger partial charge in [0.2, 0.25) is 0 Å². The third-order valence-corrected chi connectivity index (χ3v) is 2.96. The van der Waals surface area contributed by atoms with Crippen molar-refractivity contribution in [2.24, 2.45) is 0 Å². The maximum Gasteiger partial charge on any atom is 0.0620 e. The molecule has 1 N–H and O–H groups in total. The van der Waals surface area contributed by atoms with Crippen molar-refractivity contribution < 1.29 is 4.74 Å². The lowest BCUT2D eigenvalue weighted by molar-refractivity contribution is 0.190. The summed E-state index contributed by atoms with van der Waals surface area (Å²) in [6.45, 7) is 4.92. The van der Waals surface area contributed by atoms with E-state index in [9.17, 15) is 0 Å². The van der Waals surface area contributed by atoms with Gasteiger partial charge in [-0.2, -0.15) is 0 Å². The molecule has 1 saturated heterocycles. The van der Waals surface area contributed by atoms with E-state index in [1.165, 1.54) is 11.1 Å². The van der Waals surface area contributed by atoms with Crippen molar-refractivity contribution in [1.29, 1.82) is 0 Å². The molecule has 1 aliphatic rings. The van der Waals surface area contributed by atoms with Crippen molar-refractivity contribution in [2.75, 3.05) is 13.2 Å². The van der Waals surface area contributed by atoms with E-state index in [0.29, 0.717) is 6.04 Å². The highest BCUT2D eigenvalue weighted by Crippen LogP contribution is 2.07. The quantitative estimate of drug-likeness (QED) is 0.813. The Labute approximate surface area is 91.6 Å². The first-order valence-electron chi connectivity index (χ1n) is 5.77. The molecule has 15 heavy (non-hydrogen) atoms. The molecule has 1 aliphatic heterocycles. The fourth-order valence-corrected chi connectivity index (χ4v) is 1.85. The van der Waals surface area contributed by atoms with Gasteiger partial charge in [-0.15, -0.1) is 0 Å². The molecule has 0 bridgehead atoms. The normalized spacial score (nSPS) is 20.7. The van der Waals surface area contributed by atoms with E-state index in [-0.39, 0.29) is 0 Å². The van der Waals surface area contributed by atoms with Crippen LogP contribution in [-0.4, -0.2) is 19.3 Å². The third kappa shape index (κ3) is 3.05. The summed E-state index contributed by atoms with van der Waals surface area (Å²) in [6, 6.07) is 9.39. The lowest BCUT2D eigenvalue weighted by atomic mass is 10.1. The fraction of sp³-hybridized carbons (Fsp3) is 0.538. The van der Waals surface area contributed by atoms with Crippen LogP contribution in [0.15, 0.2) is 24.3 Å². The first-order valence-corrected chi connectivity index (χ1v) is 5.77. The predicted molar refractivity (Wildman–Crippen MR) is 61.9 cm³/mol. The number of hydrogen-bond acceptors (Lipinski definition) is 2. The van der Waals surface area contributed by atoms with E-state index in [2.05, 4.69) is 36.5 Å². The number of ether oxygens (including phenoxy) is 1. The van der Waals surface area contributed by atoms with Crippen LogP contribution < -0.4 is 5.32 Å². The maximum absolute atomic E-state index is 5.32. The number of benzene rings is 1. The summed E-state index contributed by atoms with van der Waals surface area (Å²) in [7, 11) is 0. The van der Waals surface area contributed by atoms with Gasteiger partial charge in [0, 0.05) is 19.2 Å². The maximum atomic E-state index is 5.32. The largest absolute Gasteiger partial charge is 0.380 e. The van der Waals surface area contributed by atoms with Crippen LogP contribution >= 0.6 is 0 Å². The van der Waals surface area contributed by atoms with E-state index < -0.39 is 0 Å². The van der Waals surface area contributed by atoms with Crippen LogP contribution in [0.5, 0.6) is 0 Å². The van der Waals surface area contributed by atoms with Crippen molar-refractivity contribution in [3.05, 3.63) is 35.4 Å². The highest BCUT2D eigenvalue weighted by Gasteiger charge is 2.13. The zero-order valence-corrected chi connectivity index (χ0v) is 9.33. The molecule has 0 amide bonds. The van der Waals surface area contributed by atoms with Crippen molar-refractivity contribution in [2.45, 2.75) is 32.4 Å². The van der Waals surface area contributed by atoms with Crippen LogP contribution in [-0.2, 0) is 17.7 Å². The summed E-state index contributed by atoms with van der Waals surface area (Å²) >= 11 is 0. The Bertz CT molecular complexity index is 288. The summed E-state index contributed by atoms with van der Waals surface area (Å²) < 4.78 is 5.32. The molecule has 0 saturated carbocycles. The molecule has 1 fully saturated rings. The Morgan fingerprint density at radius 2 is 2.00 bits per heavy atom. The molecule has 82 valence electrons. The minimum absolute atomic E-state index is 0.552. The topological polar surface area (TPSA) is 21.3 Å². The fourth-order valence-electron chi connectivity index (χ4n) is 1.85. The van der Waals surface area contributed by atoms with E-state index in [4.69, 9.17) is 4.74 Å². The molecule has 0 aromatic heterocycles. The Morgan fingerprint density at radius 3 is 2.60 bits per heavy atom. The molecule has 0 radical (unpaired) electrons. The zero-order chi connectivity index (χ0) is 10.5. The molecule has 1 unspecified atom stereocenters. The molecule has 1 heterocycles. The van der Waals surface area contributed by atoms with E-state index in [1.54, 1.807) is 0 Å². The minimum Gasteiger partial charge on any atom is -0.380 e. The molecule has 2 nitrogen and oxygen atoms in total. The monoisotopic (exact) mass is 205 g/mol. The van der Waals surface area contributed by atoms with Crippen LogP contribution in [0.3, 0.4) is 0 Å². The average Bonchev–Trinajstić information content (AvgIpc) is 2.80. The molecule has 2 rings (SSSR count). The predicted octanol–water partition coefficient (Wildman–Crippen LogP) is 2.13. The van der Waals surface area contributed by atoms with Crippen LogP contribution in [0.4, 0.5) is 0 Å². The van der Waals surface area contributed by atoms with Crippen molar-refractivity contribution in [3.63, 3.8) is 0 Å². The molecular formula is C13H19NO. The van der Waals surface area contributed by atoms with Crippen molar-refractivity contribution >= 4 is 0 Å². The van der Waals surface area contributed by atoms with Crippen LogP contribution in [0.25, 0.3) is 0 Å². The summed E-state index contributed by atoms with van der Waals surface area (Å²) in [4.78, 5) is 0. The lowest BCUT2D eigenvalue weighted by Gasteiger charge is -2.10. The average molecular weight is 205 g/mol. The molecule has 0 aliphatic carbocycles. The van der Waals surface area contributed by atoms with Gasteiger partial charge >= 0.3 is 0 Å². The molecule has 1 aromatic rings. The first kappa shape index (κ1) is 10.7. The molecular weight excluding hydrogens is 186 g/mol. The lowest BCUT2D eigenvalue weighted by Crippen LogP contribution is -2.28. The second kappa shape index (κ2) is 5.29. The van der Waals surface area contributed by atoms with Gasteiger partial charge in [0.15, 0.2) is 0 Å². The molecule has 2 heteroatoms. The number of aryl methyl sites for hydroxylation is 1. The molecule has 1 atom stereocenters. The van der Waals surface area contributed by atoms with E-state index in [1.807, 2.05) is 0 Å². The molecule has 0 spiro atoms. The van der Waals surface area contributed by atoms with Crippen molar-refractivity contribution in [1.82, 2.24) is 5.32 Å². The van der Waals surface area contributed by atoms with Gasteiger partial charge in [0.25, 0.3) is 0 Å². The van der Waals surface area contributed by atoms with Gasteiger partial charge in [-0.25, -0.2) is 0 Å². The van der Waals surface area contributed by atoms with Gasteiger partial charge in [-0.1, -0.05) is 31.2 Å². The number of hydrogen-bond donors (Lipinski definition) is 1. The Kier molecular flexibility index (Phi) is 3.75. The summed E-state index contributed by atoms with van der Waals surface area (Å²) in [5, 5.41) is 3.51. The number of nitrogens with one attached hydrogen (secondary N) is 1. The van der Waals surface area contributed by atoms with E-state index in [0.717, 1.165) is 32.6 Å². The SMILES string of the molecule is CCc1ccc(CNC2CCOC2)cc1. The van der Waals surface area contributed by atoms with Gasteiger partial charge in [0.1, 0.15) is 0 Å². The van der Waals surface area contributed by atoms with Crippen LogP contribution in [0.2, 0.25) is 0 Å². The number of rotatable bonds is 4. The van der Waals surface area contributed by atoms with Gasteiger partial charge in [0.05, 0.1) is 6.61 Å². The van der Waals surface area contributed by atoms with Gasteiger partial charge in [-0.05, 0) is 24.0 Å². The van der Waals surface area contributed by atoms with Crippen molar-refractivity contribution in [3.8, 4) is 0 Å². The summed E-state index contributed by atoms with van der Waals surface area (Å²) in [5.74, 6) is 0. The Hall–Kier alpha value is -0.860. The highest BCUT2D eigenvalue weighted by atomic mass is 16.5. The second-order valence-electron chi connectivity index (χ2n) is 4.11. The van der Waals surface area contributed by atoms with Gasteiger partial charge in [-0.3, -0.25) is 0 Å². The Morgan fingerprint density at radius 1 is 1.27 bits per heavy atom. The molecule has 1 aromatic carbocycles. The zero-order valence-electron chi connectivity index (χ0n) is 9.33. The van der Waals surface area contributed by atoms with Gasteiger partial charge < -0.3 is 10.1 Å². The van der Waals surface area contributed by atoms with Crippen LogP contribution in [0.1, 0.15) is 24.5 Å². The Balaban J connectivity index is 1.82. The summed E-state index contributed by atoms with van der Waals surface area (Å²) in [5.41, 5.74) is 2.77. The first-order chi connectivity index (χ1) is 7.38. The summed E-state index contributed by atoms with van der Waals surface area (Å²) in [6.07, 6.45) is 2.26. The van der Waals surface area contributed by atoms with E-state index >= 15 is 0 Å². The minimum atomic E-state index is 0.552. The standard InChI is InChI=1S/C13H19NO/c1-2-11-3-5-12(6-4-11)9-14-13-7-8-15-10-13/h3-6,13-14H,2,7-10H2,1H3. The second-order valence-corrected chi connectivity index (χ2v) is 4.11. The smallest absolute Gasteiger partial charge is 0.0620 e. The van der Waals surface area contributed by atoms with Crippen LogP contribution in [0, 0.1) is 0 Å². The third-order valence-electron chi connectivity index (χ3n) is 2.96. The highest BCUT2D eigenvalue weighted by molar-refractivity contribution is 5.22.